The Morgan fingerprint density at radius 1 is 1.22 bits per heavy atom. The molecule has 0 bridgehead atoms. The second kappa shape index (κ2) is 5.13. The fourth-order valence-electron chi connectivity index (χ4n) is 1.43. The summed E-state index contributed by atoms with van der Waals surface area (Å²) in [6, 6.07) is 7.31. The molecular weight excluding hydrogens is 230 g/mol. The number of nitrogens with one attached hydrogen (secondary N) is 2. The smallest absolute Gasteiger partial charge is 0.221 e. The summed E-state index contributed by atoms with van der Waals surface area (Å²) in [4.78, 5) is 19.0. The minimum atomic E-state index is -0.112. The van der Waals surface area contributed by atoms with Gasteiger partial charge in [-0.05, 0) is 18.2 Å². The average Bonchev–Trinajstić information content (AvgIpc) is 2.32. The van der Waals surface area contributed by atoms with E-state index in [0.29, 0.717) is 11.6 Å². The molecule has 6 nitrogen and oxygen atoms in total. The number of benzene rings is 1. The molecule has 1 aromatic heterocycles. The van der Waals surface area contributed by atoms with Gasteiger partial charge in [-0.2, -0.15) is 0 Å². The number of nitrogens with two attached hydrogens (primary N) is 1. The van der Waals surface area contributed by atoms with Gasteiger partial charge in [-0.25, -0.2) is 9.97 Å². The van der Waals surface area contributed by atoms with Crippen LogP contribution in [0.4, 0.5) is 23.0 Å². The van der Waals surface area contributed by atoms with E-state index in [4.69, 9.17) is 5.73 Å². The zero-order chi connectivity index (χ0) is 13.0. The molecular formula is C12H13N5O. The molecule has 0 radical (unpaired) electrons. The molecule has 2 rings (SSSR count). The van der Waals surface area contributed by atoms with Crippen molar-refractivity contribution in [1.82, 2.24) is 9.97 Å². The van der Waals surface area contributed by atoms with Crippen LogP contribution >= 0.6 is 0 Å². The number of amides is 1. The second-order valence-corrected chi connectivity index (χ2v) is 3.71. The van der Waals surface area contributed by atoms with Gasteiger partial charge in [-0.3, -0.25) is 4.79 Å². The monoisotopic (exact) mass is 243 g/mol. The predicted octanol–water partition coefficient (Wildman–Crippen LogP) is 1.76. The van der Waals surface area contributed by atoms with Crippen molar-refractivity contribution in [2.75, 3.05) is 16.4 Å². The number of carbonyl (C=O) groups excluding carboxylic acids is 1. The van der Waals surface area contributed by atoms with Crippen LogP contribution in [-0.2, 0) is 4.79 Å². The molecule has 6 heteroatoms. The van der Waals surface area contributed by atoms with E-state index in [0.717, 1.165) is 11.4 Å². The Labute approximate surface area is 104 Å². The van der Waals surface area contributed by atoms with Crippen molar-refractivity contribution in [2.45, 2.75) is 6.92 Å². The predicted molar refractivity (Wildman–Crippen MR) is 70.5 cm³/mol. The van der Waals surface area contributed by atoms with Crippen molar-refractivity contribution in [2.24, 2.45) is 0 Å². The van der Waals surface area contributed by atoms with E-state index in [1.807, 2.05) is 12.1 Å². The molecule has 0 unspecified atom stereocenters. The van der Waals surface area contributed by atoms with Crippen LogP contribution in [0.25, 0.3) is 0 Å². The van der Waals surface area contributed by atoms with Crippen molar-refractivity contribution in [1.29, 1.82) is 0 Å². The zero-order valence-corrected chi connectivity index (χ0v) is 9.84. The van der Waals surface area contributed by atoms with E-state index in [-0.39, 0.29) is 5.91 Å². The van der Waals surface area contributed by atoms with Crippen LogP contribution in [0.3, 0.4) is 0 Å². The first-order chi connectivity index (χ1) is 8.63. The molecule has 0 saturated carbocycles. The van der Waals surface area contributed by atoms with Gasteiger partial charge in [0, 0.05) is 18.3 Å². The summed E-state index contributed by atoms with van der Waals surface area (Å²) in [5.74, 6) is 0.844. The third kappa shape index (κ3) is 3.18. The van der Waals surface area contributed by atoms with Gasteiger partial charge in [0.1, 0.15) is 11.6 Å². The molecule has 0 saturated heterocycles. The molecule has 2 aromatic rings. The largest absolute Gasteiger partial charge is 0.382 e. The lowest BCUT2D eigenvalue weighted by molar-refractivity contribution is -0.114. The van der Waals surface area contributed by atoms with Crippen LogP contribution in [0.2, 0.25) is 0 Å². The van der Waals surface area contributed by atoms with Gasteiger partial charge >= 0.3 is 0 Å². The van der Waals surface area contributed by atoms with Crippen LogP contribution in [0.15, 0.2) is 36.7 Å². The van der Waals surface area contributed by atoms with E-state index in [1.165, 1.54) is 13.1 Å². The molecule has 1 amide bonds. The number of aromatic nitrogens is 2. The third-order valence-corrected chi connectivity index (χ3v) is 2.13. The number of rotatable bonds is 3. The van der Waals surface area contributed by atoms with Gasteiger partial charge in [0.15, 0.2) is 0 Å². The number of hydrogen-bond acceptors (Lipinski definition) is 5. The normalized spacial score (nSPS) is 9.83. The lowest BCUT2D eigenvalue weighted by Gasteiger charge is -2.07. The Morgan fingerprint density at radius 2 is 2.00 bits per heavy atom. The summed E-state index contributed by atoms with van der Waals surface area (Å²) in [6.45, 7) is 1.46. The molecule has 1 heterocycles. The first-order valence-corrected chi connectivity index (χ1v) is 5.36. The van der Waals surface area contributed by atoms with E-state index in [1.54, 1.807) is 18.3 Å². The van der Waals surface area contributed by atoms with Gasteiger partial charge in [-0.1, -0.05) is 6.07 Å². The van der Waals surface area contributed by atoms with Gasteiger partial charge in [-0.15, -0.1) is 0 Å². The highest BCUT2D eigenvalue weighted by atomic mass is 16.1. The maximum absolute atomic E-state index is 11.0. The molecule has 0 aliphatic heterocycles. The molecule has 0 aliphatic carbocycles. The van der Waals surface area contributed by atoms with Crippen LogP contribution in [0, 0.1) is 0 Å². The Balaban J connectivity index is 2.13. The van der Waals surface area contributed by atoms with Crippen LogP contribution < -0.4 is 16.4 Å². The Hall–Kier alpha value is -2.63. The van der Waals surface area contributed by atoms with Gasteiger partial charge < -0.3 is 16.4 Å². The van der Waals surface area contributed by atoms with Crippen molar-refractivity contribution in [3.05, 3.63) is 36.7 Å². The van der Waals surface area contributed by atoms with Crippen molar-refractivity contribution >= 4 is 28.9 Å². The molecule has 92 valence electrons. The fourth-order valence-corrected chi connectivity index (χ4v) is 1.43. The zero-order valence-electron chi connectivity index (χ0n) is 9.84. The molecule has 0 spiro atoms. The van der Waals surface area contributed by atoms with Crippen molar-refractivity contribution in [3.63, 3.8) is 0 Å². The second-order valence-electron chi connectivity index (χ2n) is 3.71. The van der Waals surface area contributed by atoms with Gasteiger partial charge in [0.2, 0.25) is 5.91 Å². The fraction of sp³-hybridized carbons (Fsp3) is 0.0833. The lowest BCUT2D eigenvalue weighted by Crippen LogP contribution is -2.05. The molecule has 18 heavy (non-hydrogen) atoms. The maximum atomic E-state index is 11.0. The van der Waals surface area contributed by atoms with E-state index < -0.39 is 0 Å². The highest BCUT2D eigenvalue weighted by molar-refractivity contribution is 5.89. The molecule has 0 aliphatic rings. The van der Waals surface area contributed by atoms with Crippen molar-refractivity contribution < 1.29 is 4.79 Å². The topological polar surface area (TPSA) is 92.9 Å². The Kier molecular flexibility index (Phi) is 3.38. The van der Waals surface area contributed by atoms with E-state index >= 15 is 0 Å². The average molecular weight is 243 g/mol. The van der Waals surface area contributed by atoms with Crippen LogP contribution in [0.5, 0.6) is 0 Å². The first-order valence-electron chi connectivity index (χ1n) is 5.36. The molecule has 4 N–H and O–H groups in total. The molecule has 0 atom stereocenters. The summed E-state index contributed by atoms with van der Waals surface area (Å²) in [5.41, 5.74) is 6.97. The Morgan fingerprint density at radius 3 is 2.67 bits per heavy atom. The van der Waals surface area contributed by atoms with Crippen LogP contribution in [0.1, 0.15) is 6.92 Å². The molecule has 0 fully saturated rings. The standard InChI is InChI=1S/C12H13N5O/c1-8(18)16-9-3-2-4-10(5-9)17-12-7-14-11(13)6-15-12/h2-7H,1H3,(H2,13,14)(H,15,17)(H,16,18). The summed E-state index contributed by atoms with van der Waals surface area (Å²) < 4.78 is 0. The van der Waals surface area contributed by atoms with Crippen LogP contribution in [-0.4, -0.2) is 15.9 Å². The quantitative estimate of drug-likeness (QED) is 0.763. The number of nitrogen functional groups attached to an aromatic ring is 1. The SMILES string of the molecule is CC(=O)Nc1cccc(Nc2cnc(N)cn2)c1. The maximum Gasteiger partial charge on any atom is 0.221 e. The Bertz CT molecular complexity index is 553. The summed E-state index contributed by atoms with van der Waals surface area (Å²) >= 11 is 0. The number of nitrogens with zero attached hydrogens (tertiary/aromatic N) is 2. The summed E-state index contributed by atoms with van der Waals surface area (Å²) in [6.07, 6.45) is 3.01. The highest BCUT2D eigenvalue weighted by Gasteiger charge is 1.99. The highest BCUT2D eigenvalue weighted by Crippen LogP contribution is 2.18. The summed E-state index contributed by atoms with van der Waals surface area (Å²) in [5, 5.41) is 5.77. The third-order valence-electron chi connectivity index (χ3n) is 2.13. The lowest BCUT2D eigenvalue weighted by atomic mass is 10.2. The molecule has 1 aromatic carbocycles. The summed E-state index contributed by atoms with van der Waals surface area (Å²) in [7, 11) is 0. The number of anilines is 4. The minimum absolute atomic E-state index is 0.112. The number of hydrogen-bond donors (Lipinski definition) is 3. The van der Waals surface area contributed by atoms with Gasteiger partial charge in [0.25, 0.3) is 0 Å². The number of carbonyl (C=O) groups is 1. The van der Waals surface area contributed by atoms with Gasteiger partial charge in [0.05, 0.1) is 12.4 Å². The van der Waals surface area contributed by atoms with Crippen molar-refractivity contribution in [3.8, 4) is 0 Å². The minimum Gasteiger partial charge on any atom is -0.382 e. The van der Waals surface area contributed by atoms with E-state index in [9.17, 15) is 4.79 Å². The first kappa shape index (κ1) is 11.8. The van der Waals surface area contributed by atoms with E-state index in [2.05, 4.69) is 20.6 Å².